The van der Waals surface area contributed by atoms with E-state index in [9.17, 15) is 0 Å². The third kappa shape index (κ3) is 4.33. The molecule has 0 aliphatic rings. The molecule has 0 spiro atoms. The minimum absolute atomic E-state index is 0. The number of nitrogens with zero attached hydrogens (tertiary/aromatic N) is 12. The molecule has 0 aliphatic heterocycles. The summed E-state index contributed by atoms with van der Waals surface area (Å²) in [4.78, 5) is 12.4. The van der Waals surface area contributed by atoms with Crippen molar-refractivity contribution < 1.29 is 103 Å². The Morgan fingerprint density at radius 2 is 0.310 bits per heavy atom. The zero-order valence-corrected chi connectivity index (χ0v) is 28.5. The predicted molar refractivity (Wildman–Crippen MR) is 67.4 cm³/mol. The zero-order valence-electron chi connectivity index (χ0n) is 14.2. The van der Waals surface area contributed by atoms with Gasteiger partial charge >= 0.3 is 226 Å². The Hall–Kier alpha value is -2.31. The van der Waals surface area contributed by atoms with Crippen molar-refractivity contribution in [1.82, 2.24) is 0 Å². The van der Waals surface area contributed by atoms with Crippen LogP contribution in [-0.4, -0.2) is 0 Å². The summed E-state index contributed by atoms with van der Waals surface area (Å²) < 4.78 is 0. The molecule has 0 aromatic rings. The Morgan fingerprint density at radius 3 is 0.310 bits per heavy atom. The Bertz CT molecular complexity index is 890. The van der Waals surface area contributed by atoms with Crippen LogP contribution in [0.25, 0.3) is 0 Å². The van der Waals surface area contributed by atoms with Crippen LogP contribution in [0.4, 0.5) is 0 Å². The monoisotopic (exact) mass is 766 g/mol. The maximum absolute atomic E-state index is 8.58. The SMILES string of the molecule is N#[C][Fe-3]([C]#N)([C]#N)([C]#N)([C]#N)[C]#N.N#[C][Fe-3]([C]#N)([C]#N)([C]#N)([C]#N)[C]#N.[Cd+2].[Cd+2].[Cd+2]. The van der Waals surface area contributed by atoms with Crippen LogP contribution in [0.1, 0.15) is 0 Å². The van der Waals surface area contributed by atoms with Gasteiger partial charge < -0.3 is 0 Å². The van der Waals surface area contributed by atoms with Crippen molar-refractivity contribution in [3.05, 3.63) is 0 Å². The van der Waals surface area contributed by atoms with Crippen molar-refractivity contribution in [3.8, 4) is 59.6 Å². The van der Waals surface area contributed by atoms with Gasteiger partial charge in [-0.25, -0.2) is 0 Å². The summed E-state index contributed by atoms with van der Waals surface area (Å²) in [5, 5.41) is 103. The molecule has 0 heterocycles. The molecule has 0 fully saturated rings. The molecule has 12 nitrogen and oxygen atoms in total. The van der Waals surface area contributed by atoms with E-state index < -0.39 is 21.5 Å². The second-order valence-electron chi connectivity index (χ2n) is 3.60. The third-order valence-electron chi connectivity index (χ3n) is 2.37. The van der Waals surface area contributed by atoms with E-state index in [0.717, 1.165) is 59.6 Å². The van der Waals surface area contributed by atoms with E-state index in [1.54, 1.807) is 0 Å². The van der Waals surface area contributed by atoms with Gasteiger partial charge in [0.25, 0.3) is 0 Å². The summed E-state index contributed by atoms with van der Waals surface area (Å²) in [5.74, 6) is 0. The van der Waals surface area contributed by atoms with Gasteiger partial charge in [-0.2, -0.15) is 0 Å². The van der Waals surface area contributed by atoms with Crippen LogP contribution in [0.2, 0.25) is 0 Å². The van der Waals surface area contributed by atoms with E-state index in [-0.39, 0.29) is 81.9 Å². The average Bonchev–Trinajstić information content (AvgIpc) is 2.77. The number of hydrogen-bond acceptors (Lipinski definition) is 12. The van der Waals surface area contributed by atoms with Gasteiger partial charge in [-0.15, -0.1) is 0 Å². The fourth-order valence-electron chi connectivity index (χ4n) is 0.530. The summed E-state index contributed by atoms with van der Waals surface area (Å²) in [6, 6.07) is 0. The zero-order chi connectivity index (χ0) is 21.3. The number of hydrogen-bond donors (Lipinski definition) is 0. The van der Waals surface area contributed by atoms with Crippen LogP contribution < -0.4 is 0 Å². The largest absolute Gasteiger partial charge is 2.00 e. The van der Waals surface area contributed by atoms with Gasteiger partial charge in [-0.3, -0.25) is 0 Å². The quantitative estimate of drug-likeness (QED) is 0.299. The Labute approximate surface area is 223 Å². The van der Waals surface area contributed by atoms with Crippen molar-refractivity contribution in [2.24, 2.45) is 0 Å². The van der Waals surface area contributed by atoms with Gasteiger partial charge in [-0.05, 0) is 0 Å². The number of rotatable bonds is 0. The van der Waals surface area contributed by atoms with E-state index in [1.165, 1.54) is 0 Å². The second-order valence-corrected chi connectivity index (χ2v) is 14.8. The first-order valence-electron chi connectivity index (χ1n) is 4.80. The molecule has 17 heteroatoms. The molecule has 0 amide bonds. The minimum Gasteiger partial charge on any atom is 2.00 e. The summed E-state index contributed by atoms with van der Waals surface area (Å²) in [6.07, 6.45) is 0. The Balaban J connectivity index is -0.000000120. The fraction of sp³-hybridized carbons (Fsp3) is 0. The summed E-state index contributed by atoms with van der Waals surface area (Å²) in [7, 11) is -12.3. The summed E-state index contributed by atoms with van der Waals surface area (Å²) >= 11 is 0. The van der Waals surface area contributed by atoms with Crippen LogP contribution in [0.3, 0.4) is 0 Å². The normalized spacial score (nSPS) is 12.0. The van der Waals surface area contributed by atoms with Crippen LogP contribution >= 0.6 is 0 Å². The molecule has 0 aromatic carbocycles. The maximum atomic E-state index is 8.58. The summed E-state index contributed by atoms with van der Waals surface area (Å²) in [5.41, 5.74) is 0. The molecule has 0 radical (unpaired) electrons. The molecule has 0 bridgehead atoms. The van der Waals surface area contributed by atoms with Crippen molar-refractivity contribution in [2.75, 3.05) is 0 Å². The van der Waals surface area contributed by atoms with Crippen LogP contribution in [0.15, 0.2) is 0 Å². The second kappa shape index (κ2) is 9.94. The molecule has 0 N–H and O–H groups in total. The molecule has 29 heavy (non-hydrogen) atoms. The topological polar surface area (TPSA) is 285 Å². The van der Waals surface area contributed by atoms with E-state index in [2.05, 4.69) is 0 Å². The molecule has 0 saturated heterocycles. The standard InChI is InChI=1S/12CN.3Cd.2Fe/c12*1-2;;;;;/q;;;;;;;;;;;;3*+2;2*-3. The molecular weight excluding hydrogens is 761 g/mol. The van der Waals surface area contributed by atoms with E-state index in [1.807, 2.05) is 0 Å². The van der Waals surface area contributed by atoms with Gasteiger partial charge in [0.15, 0.2) is 0 Å². The average molecular weight is 761 g/mol. The van der Waals surface area contributed by atoms with Crippen molar-refractivity contribution in [3.63, 3.8) is 0 Å². The van der Waals surface area contributed by atoms with Gasteiger partial charge in [0.1, 0.15) is 0 Å². The third-order valence-corrected chi connectivity index (χ3v) is 9.78. The maximum Gasteiger partial charge on any atom is 2.00 e. The fourth-order valence-corrected chi connectivity index (χ4v) is 2.19. The minimum atomic E-state index is -6.17. The first-order valence-corrected chi connectivity index (χ1v) is 11.4. The molecule has 0 unspecified atom stereocenters. The van der Waals surface area contributed by atoms with Crippen LogP contribution in [-0.2, 0) is 103 Å². The molecule has 130 valence electrons. The molecule has 0 aromatic heterocycles. The Kier molecular flexibility index (Phi) is 12.8. The molecule has 0 saturated carbocycles. The molecular formula is C12Cd3Fe2N12. The van der Waals surface area contributed by atoms with Gasteiger partial charge in [0.05, 0.1) is 0 Å². The Morgan fingerprint density at radius 1 is 0.241 bits per heavy atom. The first kappa shape index (κ1) is 37.4. The van der Waals surface area contributed by atoms with E-state index in [0.29, 0.717) is 0 Å². The number of nitriles is 12. The van der Waals surface area contributed by atoms with Crippen molar-refractivity contribution in [2.45, 2.75) is 0 Å². The predicted octanol–water partition coefficient (Wildman–Crippen LogP) is 0.189. The molecule has 0 rings (SSSR count). The smallest absolute Gasteiger partial charge is 2.00 e. The van der Waals surface area contributed by atoms with Crippen molar-refractivity contribution >= 4 is 0 Å². The summed E-state index contributed by atoms with van der Waals surface area (Å²) in [6.45, 7) is 0. The van der Waals surface area contributed by atoms with Gasteiger partial charge in [-0.1, -0.05) is 0 Å². The van der Waals surface area contributed by atoms with Crippen molar-refractivity contribution in [1.29, 1.82) is 63.1 Å². The van der Waals surface area contributed by atoms with Crippen LogP contribution in [0, 0.1) is 123 Å². The van der Waals surface area contributed by atoms with Crippen LogP contribution in [0.5, 0.6) is 0 Å². The molecule has 0 aliphatic carbocycles. The first-order chi connectivity index (χ1) is 11.9. The van der Waals surface area contributed by atoms with Gasteiger partial charge in [0, 0.05) is 0 Å². The van der Waals surface area contributed by atoms with Gasteiger partial charge in [0.2, 0.25) is 0 Å². The molecule has 0 atom stereocenters. The van der Waals surface area contributed by atoms with E-state index in [4.69, 9.17) is 63.1 Å². The van der Waals surface area contributed by atoms with E-state index >= 15 is 0 Å².